The van der Waals surface area contributed by atoms with Crippen LogP contribution in [0.25, 0.3) is 0 Å². The van der Waals surface area contributed by atoms with Crippen LogP contribution in [-0.2, 0) is 28.3 Å². The molecule has 0 saturated heterocycles. The van der Waals surface area contributed by atoms with Crippen LogP contribution < -0.4 is 10.1 Å². The third kappa shape index (κ3) is 7.86. The van der Waals surface area contributed by atoms with Crippen LogP contribution in [0.2, 0.25) is 0 Å². The molecule has 0 aliphatic carbocycles. The first-order valence-electron chi connectivity index (χ1n) is 11.6. The van der Waals surface area contributed by atoms with Gasteiger partial charge in [0.15, 0.2) is 0 Å². The molecule has 1 unspecified atom stereocenters. The summed E-state index contributed by atoms with van der Waals surface area (Å²) in [6, 6.07) is 23.0. The highest BCUT2D eigenvalue weighted by molar-refractivity contribution is 7.99. The maximum absolute atomic E-state index is 14.0. The van der Waals surface area contributed by atoms with Crippen LogP contribution in [0, 0.1) is 5.82 Å². The monoisotopic (exact) mass is 494 g/mol. The van der Waals surface area contributed by atoms with E-state index in [-0.39, 0.29) is 29.9 Å². The van der Waals surface area contributed by atoms with Crippen molar-refractivity contribution in [1.29, 1.82) is 0 Å². The summed E-state index contributed by atoms with van der Waals surface area (Å²) in [4.78, 5) is 28.3. The van der Waals surface area contributed by atoms with Crippen molar-refractivity contribution in [3.05, 3.63) is 101 Å². The summed E-state index contributed by atoms with van der Waals surface area (Å²) in [7, 11) is 1.59. The molecule has 3 aromatic rings. The van der Waals surface area contributed by atoms with E-state index >= 15 is 0 Å². The van der Waals surface area contributed by atoms with E-state index < -0.39 is 6.04 Å². The van der Waals surface area contributed by atoms with Gasteiger partial charge in [-0.05, 0) is 41.8 Å². The average Bonchev–Trinajstić information content (AvgIpc) is 2.88. The SMILES string of the molecule is CCNC(=O)C(Cc1ccccc1)N(Cc1cccc(OC)c1)C(=O)CSCc1ccccc1F. The number of thioether (sulfide) groups is 1. The van der Waals surface area contributed by atoms with Gasteiger partial charge in [-0.2, -0.15) is 0 Å². The molecule has 0 saturated carbocycles. The molecule has 0 aliphatic rings. The first-order valence-corrected chi connectivity index (χ1v) is 12.7. The Kier molecular flexibility index (Phi) is 10.2. The van der Waals surface area contributed by atoms with E-state index in [1.807, 2.05) is 61.5 Å². The highest BCUT2D eigenvalue weighted by atomic mass is 32.2. The zero-order valence-corrected chi connectivity index (χ0v) is 20.9. The molecule has 1 N–H and O–H groups in total. The van der Waals surface area contributed by atoms with Crippen molar-refractivity contribution in [3.8, 4) is 5.75 Å². The van der Waals surface area contributed by atoms with Gasteiger partial charge in [0.2, 0.25) is 11.8 Å². The van der Waals surface area contributed by atoms with Gasteiger partial charge in [-0.15, -0.1) is 11.8 Å². The normalized spacial score (nSPS) is 11.5. The van der Waals surface area contributed by atoms with Crippen LogP contribution >= 0.6 is 11.8 Å². The van der Waals surface area contributed by atoms with Crippen molar-refractivity contribution >= 4 is 23.6 Å². The topological polar surface area (TPSA) is 58.6 Å². The Balaban J connectivity index is 1.85. The van der Waals surface area contributed by atoms with Crippen LogP contribution in [0.1, 0.15) is 23.6 Å². The second kappa shape index (κ2) is 13.5. The van der Waals surface area contributed by atoms with Crippen molar-refractivity contribution in [1.82, 2.24) is 10.2 Å². The Labute approximate surface area is 210 Å². The summed E-state index contributed by atoms with van der Waals surface area (Å²) < 4.78 is 19.4. The highest BCUT2D eigenvalue weighted by Gasteiger charge is 2.30. The fraction of sp³-hybridized carbons (Fsp3) is 0.286. The molecule has 0 aromatic heterocycles. The van der Waals surface area contributed by atoms with Gasteiger partial charge in [0.25, 0.3) is 0 Å². The lowest BCUT2D eigenvalue weighted by molar-refractivity contribution is -0.139. The van der Waals surface area contributed by atoms with Crippen LogP contribution in [-0.4, -0.2) is 42.2 Å². The number of rotatable bonds is 12. The molecule has 0 fully saturated rings. The predicted octanol–water partition coefficient (Wildman–Crippen LogP) is 4.84. The third-order valence-electron chi connectivity index (χ3n) is 5.55. The molecule has 1 atom stereocenters. The van der Waals surface area contributed by atoms with Gasteiger partial charge >= 0.3 is 0 Å². The van der Waals surface area contributed by atoms with Gasteiger partial charge < -0.3 is 15.0 Å². The number of amides is 2. The van der Waals surface area contributed by atoms with E-state index in [0.29, 0.717) is 30.0 Å². The van der Waals surface area contributed by atoms with Crippen molar-refractivity contribution in [3.63, 3.8) is 0 Å². The number of halogens is 1. The second-order valence-electron chi connectivity index (χ2n) is 8.06. The quantitative estimate of drug-likeness (QED) is 0.391. The summed E-state index contributed by atoms with van der Waals surface area (Å²) in [5.74, 6) is 0.512. The molecular formula is C28H31FN2O3S. The number of likely N-dealkylation sites (N-methyl/N-ethyl adjacent to an activating group) is 1. The highest BCUT2D eigenvalue weighted by Crippen LogP contribution is 2.21. The number of hydrogen-bond donors (Lipinski definition) is 1. The molecular weight excluding hydrogens is 463 g/mol. The van der Waals surface area contributed by atoms with Crippen LogP contribution in [0.15, 0.2) is 78.9 Å². The zero-order chi connectivity index (χ0) is 25.0. The number of carbonyl (C=O) groups is 2. The van der Waals surface area contributed by atoms with Gasteiger partial charge in [-0.25, -0.2) is 4.39 Å². The third-order valence-corrected chi connectivity index (χ3v) is 6.52. The second-order valence-corrected chi connectivity index (χ2v) is 9.04. The van der Waals surface area contributed by atoms with Crippen molar-refractivity contribution in [2.45, 2.75) is 31.7 Å². The van der Waals surface area contributed by atoms with Crippen molar-refractivity contribution in [2.75, 3.05) is 19.4 Å². The molecule has 7 heteroatoms. The Morgan fingerprint density at radius 2 is 1.71 bits per heavy atom. The molecule has 0 radical (unpaired) electrons. The first-order chi connectivity index (χ1) is 17.0. The minimum atomic E-state index is -0.690. The Hall–Kier alpha value is -3.32. The number of carbonyl (C=O) groups excluding carboxylic acids is 2. The fourth-order valence-electron chi connectivity index (χ4n) is 3.76. The Morgan fingerprint density at radius 1 is 1.00 bits per heavy atom. The largest absolute Gasteiger partial charge is 0.497 e. The first kappa shape index (κ1) is 26.3. The van der Waals surface area contributed by atoms with E-state index in [0.717, 1.165) is 11.1 Å². The molecule has 0 aliphatic heterocycles. The average molecular weight is 495 g/mol. The molecule has 35 heavy (non-hydrogen) atoms. The minimum absolute atomic E-state index is 0.128. The Bertz CT molecular complexity index is 1110. The van der Waals surface area contributed by atoms with Crippen LogP contribution in [0.4, 0.5) is 4.39 Å². The lowest BCUT2D eigenvalue weighted by atomic mass is 10.0. The fourth-order valence-corrected chi connectivity index (χ4v) is 4.66. The summed E-state index contributed by atoms with van der Waals surface area (Å²) in [6.07, 6.45) is 0.389. The van der Waals surface area contributed by atoms with Gasteiger partial charge in [0.1, 0.15) is 17.6 Å². The van der Waals surface area contributed by atoms with E-state index in [1.165, 1.54) is 17.8 Å². The molecule has 0 bridgehead atoms. The number of benzene rings is 3. The molecule has 184 valence electrons. The standard InChI is InChI=1S/C28H31FN2O3S/c1-3-30-28(33)26(17-21-10-5-4-6-11-21)31(18-22-12-9-14-24(16-22)34-2)27(32)20-35-19-23-13-7-8-15-25(23)29/h4-16,26H,3,17-20H2,1-2H3,(H,30,33). The molecule has 2 amide bonds. The van der Waals surface area contributed by atoms with E-state index in [9.17, 15) is 14.0 Å². The number of ether oxygens (including phenoxy) is 1. The summed E-state index contributed by atoms with van der Waals surface area (Å²) in [5.41, 5.74) is 2.37. The van der Waals surface area contributed by atoms with Gasteiger partial charge in [-0.3, -0.25) is 9.59 Å². The van der Waals surface area contributed by atoms with Gasteiger partial charge in [0, 0.05) is 25.3 Å². The van der Waals surface area contributed by atoms with Crippen LogP contribution in [0.5, 0.6) is 5.75 Å². The number of hydrogen-bond acceptors (Lipinski definition) is 4. The Morgan fingerprint density at radius 3 is 2.43 bits per heavy atom. The predicted molar refractivity (Wildman–Crippen MR) is 139 cm³/mol. The lowest BCUT2D eigenvalue weighted by Gasteiger charge is -2.31. The minimum Gasteiger partial charge on any atom is -0.497 e. The number of methoxy groups -OCH3 is 1. The van der Waals surface area contributed by atoms with Gasteiger partial charge in [-0.1, -0.05) is 60.7 Å². The smallest absolute Gasteiger partial charge is 0.243 e. The van der Waals surface area contributed by atoms with E-state index in [4.69, 9.17) is 4.74 Å². The maximum Gasteiger partial charge on any atom is 0.243 e. The summed E-state index contributed by atoms with van der Waals surface area (Å²) >= 11 is 1.34. The van der Waals surface area contributed by atoms with E-state index in [2.05, 4.69) is 5.32 Å². The lowest BCUT2D eigenvalue weighted by Crippen LogP contribution is -2.51. The molecule has 3 aromatic carbocycles. The molecule has 3 rings (SSSR count). The van der Waals surface area contributed by atoms with Gasteiger partial charge in [0.05, 0.1) is 12.9 Å². The molecule has 0 spiro atoms. The molecule has 0 heterocycles. The zero-order valence-electron chi connectivity index (χ0n) is 20.1. The molecule has 5 nitrogen and oxygen atoms in total. The van der Waals surface area contributed by atoms with E-state index in [1.54, 1.807) is 30.2 Å². The number of nitrogens with zero attached hydrogens (tertiary/aromatic N) is 1. The summed E-state index contributed by atoms with van der Waals surface area (Å²) in [5, 5.41) is 2.89. The number of nitrogens with one attached hydrogen (secondary N) is 1. The summed E-state index contributed by atoms with van der Waals surface area (Å²) in [6.45, 7) is 2.58. The van der Waals surface area contributed by atoms with Crippen molar-refractivity contribution in [2.24, 2.45) is 0 Å². The van der Waals surface area contributed by atoms with Crippen LogP contribution in [0.3, 0.4) is 0 Å². The van der Waals surface area contributed by atoms with Crippen molar-refractivity contribution < 1.29 is 18.7 Å². The maximum atomic E-state index is 14.0.